The van der Waals surface area contributed by atoms with Gasteiger partial charge in [-0.2, -0.15) is 5.10 Å². The summed E-state index contributed by atoms with van der Waals surface area (Å²) < 4.78 is 1.55. The molecule has 0 fully saturated rings. The van der Waals surface area contributed by atoms with E-state index in [1.807, 2.05) is 0 Å². The van der Waals surface area contributed by atoms with Crippen LogP contribution in [0.25, 0.3) is 6.08 Å². The smallest absolute Gasteiger partial charge is 0.335 e. The molecule has 2 rings (SSSR count). The van der Waals surface area contributed by atoms with E-state index in [0.717, 1.165) is 0 Å². The number of hydrogen-bond donors (Lipinski definition) is 1. The first kappa shape index (κ1) is 12.8. The fraction of sp³-hybridized carbons (Fsp3) is 0.0714. The number of carbonyl (C=O) groups excluding carboxylic acids is 1. The highest BCUT2D eigenvalue weighted by atomic mass is 16.4. The lowest BCUT2D eigenvalue weighted by Gasteiger charge is -1.96. The summed E-state index contributed by atoms with van der Waals surface area (Å²) in [6, 6.07) is 6.38. The molecular weight excluding hydrogens is 244 g/mol. The fourth-order valence-corrected chi connectivity index (χ4v) is 1.59. The first-order chi connectivity index (χ1) is 9.06. The zero-order valence-corrected chi connectivity index (χ0v) is 10.3. The fourth-order valence-electron chi connectivity index (χ4n) is 1.59. The second-order valence-electron chi connectivity index (χ2n) is 4.03. The Balaban J connectivity index is 2.16. The van der Waals surface area contributed by atoms with E-state index >= 15 is 0 Å². The van der Waals surface area contributed by atoms with Gasteiger partial charge in [0.1, 0.15) is 0 Å². The van der Waals surface area contributed by atoms with E-state index in [2.05, 4.69) is 5.10 Å². The van der Waals surface area contributed by atoms with Crippen molar-refractivity contribution in [3.05, 3.63) is 59.4 Å². The molecule has 5 heteroatoms. The zero-order valence-electron chi connectivity index (χ0n) is 10.3. The van der Waals surface area contributed by atoms with Gasteiger partial charge in [-0.25, -0.2) is 4.79 Å². The highest BCUT2D eigenvalue weighted by Gasteiger charge is 2.04. The Labute approximate surface area is 109 Å². The standard InChI is InChI=1S/C14H12N2O3/c1-16-9-12(8-15-16)13(17)6-5-10-3-2-4-11(7-10)14(18)19/h2-9H,1H3,(H,18,19). The number of nitrogens with zero attached hydrogens (tertiary/aromatic N) is 2. The summed E-state index contributed by atoms with van der Waals surface area (Å²) in [7, 11) is 1.73. The minimum absolute atomic E-state index is 0.172. The Hall–Kier alpha value is -2.69. The van der Waals surface area contributed by atoms with Crippen LogP contribution in [0.2, 0.25) is 0 Å². The molecule has 0 aliphatic heterocycles. The highest BCUT2D eigenvalue weighted by molar-refractivity contribution is 6.06. The summed E-state index contributed by atoms with van der Waals surface area (Å²) in [5.74, 6) is -1.16. The van der Waals surface area contributed by atoms with Gasteiger partial charge in [0.2, 0.25) is 0 Å². The van der Waals surface area contributed by atoms with Gasteiger partial charge in [-0.1, -0.05) is 18.2 Å². The molecule has 0 bridgehead atoms. The van der Waals surface area contributed by atoms with Crippen LogP contribution in [0.3, 0.4) is 0 Å². The molecule has 0 aliphatic carbocycles. The van der Waals surface area contributed by atoms with Gasteiger partial charge < -0.3 is 5.11 Å². The van der Waals surface area contributed by atoms with Crippen molar-refractivity contribution in [1.82, 2.24) is 9.78 Å². The van der Waals surface area contributed by atoms with E-state index < -0.39 is 5.97 Å². The number of aromatic carboxylic acids is 1. The predicted molar refractivity (Wildman–Crippen MR) is 70.0 cm³/mol. The van der Waals surface area contributed by atoms with Crippen LogP contribution in [-0.2, 0) is 7.05 Å². The molecule has 1 N–H and O–H groups in total. The number of carbonyl (C=O) groups is 2. The van der Waals surface area contributed by atoms with Gasteiger partial charge in [-0.05, 0) is 23.8 Å². The van der Waals surface area contributed by atoms with Crippen LogP contribution in [-0.4, -0.2) is 26.6 Å². The number of benzene rings is 1. The first-order valence-corrected chi connectivity index (χ1v) is 5.60. The molecule has 5 nitrogen and oxygen atoms in total. The summed E-state index contributed by atoms with van der Waals surface area (Å²) in [5.41, 5.74) is 1.35. The number of rotatable bonds is 4. The normalized spacial score (nSPS) is 10.8. The molecule has 0 amide bonds. The SMILES string of the molecule is Cn1cc(C(=O)C=Cc2cccc(C(=O)O)c2)cn1. The van der Waals surface area contributed by atoms with Crippen molar-refractivity contribution in [2.45, 2.75) is 0 Å². The number of allylic oxidation sites excluding steroid dienone is 1. The second kappa shape index (κ2) is 5.30. The topological polar surface area (TPSA) is 72.2 Å². The van der Waals surface area contributed by atoms with Crippen molar-refractivity contribution in [3.63, 3.8) is 0 Å². The molecule has 1 aromatic heterocycles. The maximum Gasteiger partial charge on any atom is 0.335 e. The van der Waals surface area contributed by atoms with E-state index in [1.165, 1.54) is 24.4 Å². The maximum atomic E-state index is 11.8. The Morgan fingerprint density at radius 1 is 1.32 bits per heavy atom. The second-order valence-corrected chi connectivity index (χ2v) is 4.03. The van der Waals surface area contributed by atoms with Gasteiger partial charge in [0.25, 0.3) is 0 Å². The van der Waals surface area contributed by atoms with Crippen LogP contribution in [0.5, 0.6) is 0 Å². The van der Waals surface area contributed by atoms with Gasteiger partial charge in [-0.15, -0.1) is 0 Å². The van der Waals surface area contributed by atoms with Gasteiger partial charge in [0.05, 0.1) is 17.3 Å². The molecule has 2 aromatic rings. The van der Waals surface area contributed by atoms with E-state index in [1.54, 1.807) is 36.1 Å². The van der Waals surface area contributed by atoms with Gasteiger partial charge in [0, 0.05) is 13.2 Å². The number of aryl methyl sites for hydroxylation is 1. The minimum atomic E-state index is -0.992. The van der Waals surface area contributed by atoms with Gasteiger partial charge in [-0.3, -0.25) is 9.48 Å². The highest BCUT2D eigenvalue weighted by Crippen LogP contribution is 2.08. The third-order valence-electron chi connectivity index (χ3n) is 2.55. The number of aromatic nitrogens is 2. The predicted octanol–water partition coefficient (Wildman–Crippen LogP) is 2.01. The zero-order chi connectivity index (χ0) is 13.8. The molecule has 96 valence electrons. The van der Waals surface area contributed by atoms with E-state index in [0.29, 0.717) is 11.1 Å². The van der Waals surface area contributed by atoms with Crippen LogP contribution < -0.4 is 0 Å². The largest absolute Gasteiger partial charge is 0.478 e. The van der Waals surface area contributed by atoms with Crippen LogP contribution >= 0.6 is 0 Å². The number of ketones is 1. The van der Waals surface area contributed by atoms with E-state index in [-0.39, 0.29) is 11.3 Å². The minimum Gasteiger partial charge on any atom is -0.478 e. The lowest BCUT2D eigenvalue weighted by Crippen LogP contribution is -1.96. The van der Waals surface area contributed by atoms with Crippen molar-refractivity contribution < 1.29 is 14.7 Å². The summed E-state index contributed by atoms with van der Waals surface area (Å²) in [6.45, 7) is 0. The van der Waals surface area contributed by atoms with Crippen LogP contribution in [0.1, 0.15) is 26.3 Å². The van der Waals surface area contributed by atoms with E-state index in [4.69, 9.17) is 5.11 Å². The monoisotopic (exact) mass is 256 g/mol. The van der Waals surface area contributed by atoms with Crippen LogP contribution in [0.4, 0.5) is 0 Å². The van der Waals surface area contributed by atoms with Crippen molar-refractivity contribution in [3.8, 4) is 0 Å². The molecule has 0 saturated heterocycles. The summed E-state index contributed by atoms with van der Waals surface area (Å²) >= 11 is 0. The van der Waals surface area contributed by atoms with Crippen LogP contribution in [0, 0.1) is 0 Å². The molecule has 0 aliphatic rings. The third-order valence-corrected chi connectivity index (χ3v) is 2.55. The van der Waals surface area contributed by atoms with Crippen LogP contribution in [0.15, 0.2) is 42.7 Å². The molecule has 0 saturated carbocycles. The molecule has 0 radical (unpaired) electrons. The van der Waals surface area contributed by atoms with Crippen molar-refractivity contribution >= 4 is 17.8 Å². The van der Waals surface area contributed by atoms with Crippen molar-refractivity contribution in [1.29, 1.82) is 0 Å². The lowest BCUT2D eigenvalue weighted by molar-refractivity contribution is 0.0696. The number of carboxylic acids is 1. The Bertz CT molecular complexity index is 656. The number of hydrogen-bond acceptors (Lipinski definition) is 3. The van der Waals surface area contributed by atoms with Crippen molar-refractivity contribution in [2.75, 3.05) is 0 Å². The molecular formula is C14H12N2O3. The molecule has 1 aromatic carbocycles. The molecule has 1 heterocycles. The average molecular weight is 256 g/mol. The van der Waals surface area contributed by atoms with Crippen molar-refractivity contribution in [2.24, 2.45) is 7.05 Å². The van der Waals surface area contributed by atoms with E-state index in [9.17, 15) is 9.59 Å². The molecule has 0 spiro atoms. The number of carboxylic acid groups (broad SMARTS) is 1. The summed E-state index contributed by atoms with van der Waals surface area (Å²) in [5, 5.41) is 12.8. The molecule has 0 atom stereocenters. The van der Waals surface area contributed by atoms with Gasteiger partial charge >= 0.3 is 5.97 Å². The summed E-state index contributed by atoms with van der Waals surface area (Å²) in [4.78, 5) is 22.6. The Morgan fingerprint density at radius 3 is 2.74 bits per heavy atom. The van der Waals surface area contributed by atoms with Gasteiger partial charge in [0.15, 0.2) is 5.78 Å². The average Bonchev–Trinajstić information content (AvgIpc) is 2.83. The quantitative estimate of drug-likeness (QED) is 0.671. The molecule has 0 unspecified atom stereocenters. The molecule has 19 heavy (non-hydrogen) atoms. The Kier molecular flexibility index (Phi) is 3.56. The lowest BCUT2D eigenvalue weighted by atomic mass is 10.1. The summed E-state index contributed by atoms with van der Waals surface area (Å²) in [6.07, 6.45) is 6.10. The Morgan fingerprint density at radius 2 is 2.11 bits per heavy atom. The first-order valence-electron chi connectivity index (χ1n) is 5.60. The third kappa shape index (κ3) is 3.16. The maximum absolute atomic E-state index is 11.8.